The van der Waals surface area contributed by atoms with Gasteiger partial charge in [-0.25, -0.2) is 0 Å². The van der Waals surface area contributed by atoms with E-state index in [1.54, 1.807) is 0 Å². The maximum Gasteiger partial charge on any atom is 0.240 e. The van der Waals surface area contributed by atoms with E-state index < -0.39 is 0 Å². The Hall–Kier alpha value is -2.15. The van der Waals surface area contributed by atoms with Crippen molar-refractivity contribution in [2.24, 2.45) is 0 Å². The third kappa shape index (κ3) is 2.91. The van der Waals surface area contributed by atoms with Gasteiger partial charge in [0.25, 0.3) is 0 Å². The summed E-state index contributed by atoms with van der Waals surface area (Å²) in [6.07, 6.45) is 0.803. The Morgan fingerprint density at radius 1 is 1.24 bits per heavy atom. The molecule has 0 radical (unpaired) electrons. The Labute approximate surface area is 99.9 Å². The Morgan fingerprint density at radius 2 is 1.94 bits per heavy atom. The standard InChI is InChI=1S/C13H13N3O/c1-9-5-10(2)7-11(6-9)8-12-15-13(3-4-14)17-16-12/h5-7H,3,8H2,1-2H3. The zero-order chi connectivity index (χ0) is 12.3. The van der Waals surface area contributed by atoms with Crippen molar-refractivity contribution in [2.75, 3.05) is 0 Å². The Kier molecular flexibility index (Phi) is 3.20. The summed E-state index contributed by atoms with van der Waals surface area (Å²) in [6, 6.07) is 8.32. The largest absolute Gasteiger partial charge is 0.338 e. The molecule has 1 heterocycles. The van der Waals surface area contributed by atoms with Crippen molar-refractivity contribution in [2.45, 2.75) is 26.7 Å². The van der Waals surface area contributed by atoms with E-state index in [-0.39, 0.29) is 6.42 Å². The first kappa shape index (κ1) is 11.3. The van der Waals surface area contributed by atoms with Gasteiger partial charge < -0.3 is 4.52 Å². The highest BCUT2D eigenvalue weighted by Gasteiger charge is 2.07. The highest BCUT2D eigenvalue weighted by Crippen LogP contribution is 2.12. The molecule has 0 amide bonds. The average Bonchev–Trinajstić information content (AvgIpc) is 2.64. The summed E-state index contributed by atoms with van der Waals surface area (Å²) >= 11 is 0. The normalized spacial score (nSPS) is 10.2. The van der Waals surface area contributed by atoms with E-state index in [4.69, 9.17) is 9.78 Å². The number of benzene rings is 1. The highest BCUT2D eigenvalue weighted by molar-refractivity contribution is 5.30. The van der Waals surface area contributed by atoms with Crippen LogP contribution >= 0.6 is 0 Å². The summed E-state index contributed by atoms with van der Waals surface area (Å²) in [5, 5.41) is 12.4. The number of nitriles is 1. The van der Waals surface area contributed by atoms with E-state index in [1.807, 2.05) is 6.07 Å². The van der Waals surface area contributed by atoms with Gasteiger partial charge in [-0.1, -0.05) is 34.5 Å². The smallest absolute Gasteiger partial charge is 0.240 e. The zero-order valence-corrected chi connectivity index (χ0v) is 9.90. The maximum atomic E-state index is 8.51. The molecule has 0 aliphatic rings. The fourth-order valence-corrected chi connectivity index (χ4v) is 1.86. The van der Waals surface area contributed by atoms with E-state index in [0.717, 1.165) is 5.56 Å². The second-order valence-electron chi connectivity index (χ2n) is 4.11. The van der Waals surface area contributed by atoms with Gasteiger partial charge in [0.1, 0.15) is 6.42 Å². The minimum Gasteiger partial charge on any atom is -0.338 e. The van der Waals surface area contributed by atoms with E-state index in [9.17, 15) is 0 Å². The Morgan fingerprint density at radius 3 is 2.59 bits per heavy atom. The molecule has 2 aromatic rings. The van der Waals surface area contributed by atoms with Gasteiger partial charge in [-0.05, 0) is 19.4 Å². The van der Waals surface area contributed by atoms with Crippen molar-refractivity contribution in [1.29, 1.82) is 5.26 Å². The van der Waals surface area contributed by atoms with Gasteiger partial charge in [-0.2, -0.15) is 10.2 Å². The molecule has 0 aliphatic heterocycles. The second-order valence-corrected chi connectivity index (χ2v) is 4.11. The monoisotopic (exact) mass is 227 g/mol. The first-order chi connectivity index (χ1) is 8.17. The fraction of sp³-hybridized carbons (Fsp3) is 0.308. The Bertz CT molecular complexity index is 546. The second kappa shape index (κ2) is 4.79. The van der Waals surface area contributed by atoms with Crippen LogP contribution in [0.2, 0.25) is 0 Å². The highest BCUT2D eigenvalue weighted by atomic mass is 16.5. The molecule has 0 bridgehead atoms. The van der Waals surface area contributed by atoms with Crippen molar-refractivity contribution >= 4 is 0 Å². The molecule has 1 aromatic heterocycles. The van der Waals surface area contributed by atoms with Crippen LogP contribution in [0.15, 0.2) is 22.7 Å². The van der Waals surface area contributed by atoms with Gasteiger partial charge in [0.2, 0.25) is 5.89 Å². The summed E-state index contributed by atoms with van der Waals surface area (Å²) in [6.45, 7) is 4.13. The van der Waals surface area contributed by atoms with Crippen LogP contribution in [0.1, 0.15) is 28.4 Å². The molecule has 0 spiro atoms. The molecule has 17 heavy (non-hydrogen) atoms. The average molecular weight is 227 g/mol. The van der Waals surface area contributed by atoms with Crippen molar-refractivity contribution in [3.63, 3.8) is 0 Å². The molecule has 1 aromatic carbocycles. The van der Waals surface area contributed by atoms with Crippen LogP contribution in [0.4, 0.5) is 0 Å². The summed E-state index contributed by atoms with van der Waals surface area (Å²) in [5.74, 6) is 1.01. The number of aromatic nitrogens is 2. The Balaban J connectivity index is 2.17. The molecular weight excluding hydrogens is 214 g/mol. The number of aryl methyl sites for hydroxylation is 2. The lowest BCUT2D eigenvalue weighted by atomic mass is 10.1. The van der Waals surface area contributed by atoms with Gasteiger partial charge in [0, 0.05) is 6.42 Å². The van der Waals surface area contributed by atoms with Crippen LogP contribution in [0.5, 0.6) is 0 Å². The third-order valence-corrected chi connectivity index (χ3v) is 2.38. The quantitative estimate of drug-likeness (QED) is 0.807. The molecule has 0 N–H and O–H groups in total. The van der Waals surface area contributed by atoms with E-state index in [0.29, 0.717) is 18.1 Å². The van der Waals surface area contributed by atoms with Gasteiger partial charge in [-0.3, -0.25) is 0 Å². The third-order valence-electron chi connectivity index (χ3n) is 2.38. The predicted octanol–water partition coefficient (Wildman–Crippen LogP) is 2.34. The van der Waals surface area contributed by atoms with Gasteiger partial charge in [0.15, 0.2) is 5.82 Å². The molecular formula is C13H13N3O. The minimum atomic E-state index is 0.167. The number of hydrogen-bond donors (Lipinski definition) is 0. The van der Waals surface area contributed by atoms with Crippen LogP contribution in [-0.4, -0.2) is 10.1 Å². The molecule has 2 rings (SSSR count). The minimum absolute atomic E-state index is 0.167. The predicted molar refractivity (Wildman–Crippen MR) is 62.3 cm³/mol. The summed E-state index contributed by atoms with van der Waals surface area (Å²) < 4.78 is 4.95. The van der Waals surface area contributed by atoms with E-state index >= 15 is 0 Å². The van der Waals surface area contributed by atoms with Crippen LogP contribution in [0.3, 0.4) is 0 Å². The summed E-state index contributed by atoms with van der Waals surface area (Å²) in [4.78, 5) is 4.15. The van der Waals surface area contributed by atoms with Crippen molar-refractivity contribution < 1.29 is 4.52 Å². The maximum absolute atomic E-state index is 8.51. The van der Waals surface area contributed by atoms with Crippen LogP contribution in [0, 0.1) is 25.2 Å². The summed E-state index contributed by atoms with van der Waals surface area (Å²) in [5.41, 5.74) is 3.60. The van der Waals surface area contributed by atoms with Crippen LogP contribution < -0.4 is 0 Å². The lowest BCUT2D eigenvalue weighted by Gasteiger charge is -2.01. The zero-order valence-electron chi connectivity index (χ0n) is 9.90. The molecule has 0 saturated heterocycles. The van der Waals surface area contributed by atoms with Crippen molar-refractivity contribution in [3.05, 3.63) is 46.6 Å². The van der Waals surface area contributed by atoms with Crippen LogP contribution in [-0.2, 0) is 12.8 Å². The van der Waals surface area contributed by atoms with E-state index in [2.05, 4.69) is 42.2 Å². The molecule has 0 unspecified atom stereocenters. The SMILES string of the molecule is Cc1cc(C)cc(Cc2noc(CC#N)n2)c1. The van der Waals surface area contributed by atoms with Gasteiger partial charge in [0.05, 0.1) is 6.07 Å². The number of hydrogen-bond acceptors (Lipinski definition) is 4. The van der Waals surface area contributed by atoms with Gasteiger partial charge in [-0.15, -0.1) is 0 Å². The van der Waals surface area contributed by atoms with Crippen LogP contribution in [0.25, 0.3) is 0 Å². The number of rotatable bonds is 3. The van der Waals surface area contributed by atoms with E-state index in [1.165, 1.54) is 11.1 Å². The molecule has 0 fully saturated rings. The topological polar surface area (TPSA) is 62.7 Å². The molecule has 0 saturated carbocycles. The first-order valence-corrected chi connectivity index (χ1v) is 5.43. The number of nitrogens with zero attached hydrogens (tertiary/aromatic N) is 3. The van der Waals surface area contributed by atoms with Crippen molar-refractivity contribution in [3.8, 4) is 6.07 Å². The molecule has 4 nitrogen and oxygen atoms in total. The first-order valence-electron chi connectivity index (χ1n) is 5.43. The molecule has 4 heteroatoms. The van der Waals surface area contributed by atoms with Crippen molar-refractivity contribution in [1.82, 2.24) is 10.1 Å². The summed E-state index contributed by atoms with van der Waals surface area (Å²) in [7, 11) is 0. The molecule has 0 aliphatic carbocycles. The fourth-order valence-electron chi connectivity index (χ4n) is 1.86. The van der Waals surface area contributed by atoms with Gasteiger partial charge >= 0.3 is 0 Å². The molecule has 0 atom stereocenters. The lowest BCUT2D eigenvalue weighted by molar-refractivity contribution is 0.382. The lowest BCUT2D eigenvalue weighted by Crippen LogP contribution is -1.93. The molecule has 86 valence electrons.